The van der Waals surface area contributed by atoms with Gasteiger partial charge < -0.3 is 5.32 Å². The lowest BCUT2D eigenvalue weighted by molar-refractivity contribution is 0.220. The van der Waals surface area contributed by atoms with E-state index in [9.17, 15) is 0 Å². The quantitative estimate of drug-likeness (QED) is 0.858. The van der Waals surface area contributed by atoms with E-state index in [-0.39, 0.29) is 0 Å². The minimum absolute atomic E-state index is 0.569. The lowest BCUT2D eigenvalue weighted by Crippen LogP contribution is -2.40. The van der Waals surface area contributed by atoms with Gasteiger partial charge in [0.1, 0.15) is 0 Å². The molecule has 0 radical (unpaired) electrons. The Balaban J connectivity index is 1.97. The second-order valence-electron chi connectivity index (χ2n) is 6.18. The van der Waals surface area contributed by atoms with Gasteiger partial charge in [0.15, 0.2) is 0 Å². The molecule has 0 amide bonds. The summed E-state index contributed by atoms with van der Waals surface area (Å²) < 4.78 is 1.80. The molecule has 19 heavy (non-hydrogen) atoms. The maximum absolute atomic E-state index is 4.25. The highest BCUT2D eigenvalue weighted by Gasteiger charge is 2.27. The van der Waals surface area contributed by atoms with Gasteiger partial charge in [0.2, 0.25) is 0 Å². The van der Waals surface area contributed by atoms with Crippen molar-refractivity contribution in [2.24, 2.45) is 18.9 Å². The summed E-state index contributed by atoms with van der Waals surface area (Å²) in [5, 5.41) is 12.0. The molecule has 0 bridgehead atoms. The van der Waals surface area contributed by atoms with Gasteiger partial charge in [0.25, 0.3) is 0 Å². The van der Waals surface area contributed by atoms with Crippen LogP contribution < -0.4 is 5.32 Å². The molecular formula is C15H28N4. The molecule has 108 valence electrons. The van der Waals surface area contributed by atoms with Gasteiger partial charge in [-0.2, -0.15) is 0 Å². The molecule has 1 aliphatic carbocycles. The van der Waals surface area contributed by atoms with Crippen LogP contribution in [0.25, 0.3) is 0 Å². The van der Waals surface area contributed by atoms with Crippen molar-refractivity contribution in [3.63, 3.8) is 0 Å². The van der Waals surface area contributed by atoms with Crippen molar-refractivity contribution in [1.29, 1.82) is 0 Å². The Morgan fingerprint density at radius 2 is 2.32 bits per heavy atom. The topological polar surface area (TPSA) is 42.7 Å². The fourth-order valence-corrected chi connectivity index (χ4v) is 3.30. The Bertz CT molecular complexity index is 374. The molecule has 1 heterocycles. The average Bonchev–Trinajstić information content (AvgIpc) is 2.80. The monoisotopic (exact) mass is 264 g/mol. The van der Waals surface area contributed by atoms with Gasteiger partial charge in [-0.15, -0.1) is 5.10 Å². The molecule has 1 saturated carbocycles. The second-order valence-corrected chi connectivity index (χ2v) is 6.18. The molecule has 3 unspecified atom stereocenters. The molecule has 4 heteroatoms. The van der Waals surface area contributed by atoms with Crippen molar-refractivity contribution in [2.45, 2.75) is 58.4 Å². The number of rotatable bonds is 6. The van der Waals surface area contributed by atoms with E-state index in [4.69, 9.17) is 0 Å². The van der Waals surface area contributed by atoms with Gasteiger partial charge in [-0.05, 0) is 37.6 Å². The summed E-state index contributed by atoms with van der Waals surface area (Å²) in [5.41, 5.74) is 1.12. The first-order chi connectivity index (χ1) is 9.19. The van der Waals surface area contributed by atoms with Crippen molar-refractivity contribution in [3.05, 3.63) is 11.9 Å². The van der Waals surface area contributed by atoms with E-state index >= 15 is 0 Å². The van der Waals surface area contributed by atoms with E-state index < -0.39 is 0 Å². The van der Waals surface area contributed by atoms with Crippen LogP contribution in [0, 0.1) is 11.8 Å². The summed E-state index contributed by atoms with van der Waals surface area (Å²) in [6.45, 7) is 5.73. The van der Waals surface area contributed by atoms with Gasteiger partial charge >= 0.3 is 0 Å². The third kappa shape index (κ3) is 4.30. The molecule has 0 aliphatic heterocycles. The normalized spacial score (nSPS) is 25.4. The first kappa shape index (κ1) is 14.5. The highest BCUT2D eigenvalue weighted by Crippen LogP contribution is 2.31. The molecule has 2 rings (SSSR count). The van der Waals surface area contributed by atoms with Gasteiger partial charge in [0.05, 0.1) is 5.69 Å². The first-order valence-corrected chi connectivity index (χ1v) is 7.77. The molecule has 1 aromatic heterocycles. The van der Waals surface area contributed by atoms with Gasteiger partial charge in [-0.3, -0.25) is 4.68 Å². The van der Waals surface area contributed by atoms with Crippen LogP contribution in [-0.2, 0) is 13.5 Å². The van der Waals surface area contributed by atoms with Crippen molar-refractivity contribution >= 4 is 0 Å². The first-order valence-electron chi connectivity index (χ1n) is 7.77. The molecule has 1 N–H and O–H groups in total. The van der Waals surface area contributed by atoms with Crippen molar-refractivity contribution in [1.82, 2.24) is 20.3 Å². The maximum Gasteiger partial charge on any atom is 0.0842 e. The van der Waals surface area contributed by atoms with Gasteiger partial charge in [-0.1, -0.05) is 31.9 Å². The third-order valence-electron chi connectivity index (χ3n) is 4.28. The fourth-order valence-electron chi connectivity index (χ4n) is 3.30. The van der Waals surface area contributed by atoms with E-state index in [0.717, 1.165) is 30.5 Å². The minimum Gasteiger partial charge on any atom is -0.313 e. The van der Waals surface area contributed by atoms with Crippen LogP contribution in [0.1, 0.15) is 51.6 Å². The van der Waals surface area contributed by atoms with E-state index in [0.29, 0.717) is 6.04 Å². The summed E-state index contributed by atoms with van der Waals surface area (Å²) >= 11 is 0. The van der Waals surface area contributed by atoms with Crippen LogP contribution in [0.4, 0.5) is 0 Å². The molecule has 0 saturated heterocycles. The van der Waals surface area contributed by atoms with Crippen molar-refractivity contribution in [2.75, 3.05) is 6.54 Å². The van der Waals surface area contributed by atoms with Crippen LogP contribution in [-0.4, -0.2) is 27.6 Å². The summed E-state index contributed by atoms with van der Waals surface area (Å²) in [6.07, 6.45) is 9.78. The number of aryl methyl sites for hydroxylation is 1. The Kier molecular flexibility index (Phi) is 5.37. The minimum atomic E-state index is 0.569. The predicted octanol–water partition coefficient (Wildman–Crippen LogP) is 2.55. The molecule has 1 fully saturated rings. The summed E-state index contributed by atoms with van der Waals surface area (Å²) in [7, 11) is 1.94. The lowest BCUT2D eigenvalue weighted by atomic mass is 9.77. The number of nitrogens with one attached hydrogen (secondary N) is 1. The number of hydrogen-bond donors (Lipinski definition) is 1. The second kappa shape index (κ2) is 7.04. The highest BCUT2D eigenvalue weighted by atomic mass is 15.4. The smallest absolute Gasteiger partial charge is 0.0842 e. The van der Waals surface area contributed by atoms with E-state index in [2.05, 4.69) is 29.5 Å². The fraction of sp³-hybridized carbons (Fsp3) is 0.867. The summed E-state index contributed by atoms with van der Waals surface area (Å²) in [6, 6.07) is 0.569. The molecule has 0 aromatic carbocycles. The molecule has 1 aliphatic rings. The summed E-state index contributed by atoms with van der Waals surface area (Å²) in [4.78, 5) is 0. The number of hydrogen-bond acceptors (Lipinski definition) is 3. The molecular weight excluding hydrogens is 236 g/mol. The summed E-state index contributed by atoms with van der Waals surface area (Å²) in [5.74, 6) is 1.68. The maximum atomic E-state index is 4.25. The van der Waals surface area contributed by atoms with Gasteiger partial charge in [-0.25, -0.2) is 0 Å². The SMILES string of the molecule is CCCNC(Cc1cn(C)nn1)C1CCCC(C)C1. The zero-order chi connectivity index (χ0) is 13.7. The number of nitrogens with zero attached hydrogens (tertiary/aromatic N) is 3. The lowest BCUT2D eigenvalue weighted by Gasteiger charge is -2.33. The third-order valence-corrected chi connectivity index (χ3v) is 4.28. The largest absolute Gasteiger partial charge is 0.313 e. The van der Waals surface area contributed by atoms with Crippen molar-refractivity contribution < 1.29 is 0 Å². The van der Waals surface area contributed by atoms with Crippen LogP contribution in [0.2, 0.25) is 0 Å². The van der Waals surface area contributed by atoms with Crippen LogP contribution in [0.3, 0.4) is 0 Å². The van der Waals surface area contributed by atoms with Crippen LogP contribution in [0.5, 0.6) is 0 Å². The molecule has 4 nitrogen and oxygen atoms in total. The van der Waals surface area contributed by atoms with Crippen LogP contribution >= 0.6 is 0 Å². The predicted molar refractivity (Wildman–Crippen MR) is 77.9 cm³/mol. The zero-order valence-corrected chi connectivity index (χ0v) is 12.6. The van der Waals surface area contributed by atoms with E-state index in [1.54, 1.807) is 4.68 Å². The molecule has 1 aromatic rings. The van der Waals surface area contributed by atoms with Gasteiger partial charge in [0, 0.05) is 25.7 Å². The van der Waals surface area contributed by atoms with E-state index in [1.807, 2.05) is 13.2 Å². The Hall–Kier alpha value is -0.900. The van der Waals surface area contributed by atoms with Crippen molar-refractivity contribution in [3.8, 4) is 0 Å². The Labute approximate surface area is 117 Å². The van der Waals surface area contributed by atoms with E-state index in [1.165, 1.54) is 32.1 Å². The standard InChI is InChI=1S/C15H28N4/c1-4-8-16-15(10-14-11-19(3)18-17-14)13-7-5-6-12(2)9-13/h11-13,15-16H,4-10H2,1-3H3. The molecule has 3 atom stereocenters. The zero-order valence-electron chi connectivity index (χ0n) is 12.6. The number of aromatic nitrogens is 3. The molecule has 0 spiro atoms. The highest BCUT2D eigenvalue weighted by molar-refractivity contribution is 4.98. The Morgan fingerprint density at radius 3 is 2.95 bits per heavy atom. The Morgan fingerprint density at radius 1 is 1.47 bits per heavy atom. The average molecular weight is 264 g/mol. The van der Waals surface area contributed by atoms with Crippen LogP contribution in [0.15, 0.2) is 6.20 Å².